The smallest absolute Gasteiger partial charge is 0.312 e. The number of hydrogen-bond donors (Lipinski definition) is 1. The molecule has 1 atom stereocenters. The molecule has 0 radical (unpaired) electrons. The first-order valence-electron chi connectivity index (χ1n) is 6.76. The predicted octanol–water partition coefficient (Wildman–Crippen LogP) is 4.37. The van der Waals surface area contributed by atoms with Crippen LogP contribution in [0.15, 0.2) is 16.6 Å². The molecular formula is C14H20BrNO4. The van der Waals surface area contributed by atoms with Gasteiger partial charge in [0.1, 0.15) is 0 Å². The molecule has 1 N–H and O–H groups in total. The maximum atomic E-state index is 11.1. The van der Waals surface area contributed by atoms with E-state index in [2.05, 4.69) is 22.9 Å². The minimum Gasteiger partial charge on any atom is -0.487 e. The van der Waals surface area contributed by atoms with Crippen molar-refractivity contribution < 1.29 is 14.8 Å². The minimum absolute atomic E-state index is 0.120. The second-order valence-corrected chi connectivity index (χ2v) is 5.60. The lowest BCUT2D eigenvalue weighted by atomic mass is 10.1. The Hall–Kier alpha value is -1.14. The van der Waals surface area contributed by atoms with Gasteiger partial charge in [-0.1, -0.05) is 42.1 Å². The summed E-state index contributed by atoms with van der Waals surface area (Å²) in [6, 6.07) is 3.05. The largest absolute Gasteiger partial charge is 0.487 e. The topological polar surface area (TPSA) is 72.6 Å². The summed E-state index contributed by atoms with van der Waals surface area (Å²) in [5.74, 6) is 0.171. The monoisotopic (exact) mass is 345 g/mol. The summed E-state index contributed by atoms with van der Waals surface area (Å²) in [4.78, 5) is 10.6. The maximum Gasteiger partial charge on any atom is 0.312 e. The Morgan fingerprint density at radius 1 is 1.40 bits per heavy atom. The first kappa shape index (κ1) is 16.9. The molecule has 112 valence electrons. The third-order valence-electron chi connectivity index (χ3n) is 2.95. The molecule has 0 amide bonds. The van der Waals surface area contributed by atoms with Gasteiger partial charge in [0.25, 0.3) is 0 Å². The Morgan fingerprint density at radius 3 is 2.65 bits per heavy atom. The van der Waals surface area contributed by atoms with Crippen LogP contribution in [0.5, 0.6) is 5.75 Å². The highest BCUT2D eigenvalue weighted by molar-refractivity contribution is 9.10. The minimum atomic E-state index is -0.822. The van der Waals surface area contributed by atoms with Gasteiger partial charge in [-0.25, -0.2) is 0 Å². The standard InChI is InChI=1S/C14H20BrNO4/c1-3-4-5-6-7-20-14-12(10(2)17)8-11(15)9-13(14)16(18)19/h8-10,17H,3-7H2,1-2H3/t10-/m1/s1. The van der Waals surface area contributed by atoms with Crippen LogP contribution in [0.3, 0.4) is 0 Å². The van der Waals surface area contributed by atoms with Crippen molar-refractivity contribution in [2.45, 2.75) is 45.6 Å². The van der Waals surface area contributed by atoms with Crippen LogP contribution in [-0.4, -0.2) is 16.6 Å². The highest BCUT2D eigenvalue weighted by Gasteiger charge is 2.23. The van der Waals surface area contributed by atoms with Crippen LogP contribution < -0.4 is 4.74 Å². The molecule has 0 unspecified atom stereocenters. The molecule has 0 fully saturated rings. The predicted molar refractivity (Wildman–Crippen MR) is 81.1 cm³/mol. The Balaban J connectivity index is 2.92. The van der Waals surface area contributed by atoms with Gasteiger partial charge in [-0.2, -0.15) is 0 Å². The molecule has 0 aliphatic carbocycles. The van der Waals surface area contributed by atoms with Gasteiger partial charge in [0.2, 0.25) is 5.75 Å². The quantitative estimate of drug-likeness (QED) is 0.431. The number of aliphatic hydroxyl groups is 1. The van der Waals surface area contributed by atoms with Crippen molar-refractivity contribution in [2.75, 3.05) is 6.61 Å². The van der Waals surface area contributed by atoms with E-state index in [9.17, 15) is 15.2 Å². The fourth-order valence-electron chi connectivity index (χ4n) is 1.91. The molecule has 5 nitrogen and oxygen atoms in total. The number of benzene rings is 1. The van der Waals surface area contributed by atoms with E-state index in [4.69, 9.17) is 4.74 Å². The number of unbranched alkanes of at least 4 members (excludes halogenated alkanes) is 3. The fourth-order valence-corrected chi connectivity index (χ4v) is 2.37. The van der Waals surface area contributed by atoms with Crippen molar-refractivity contribution in [2.24, 2.45) is 0 Å². The van der Waals surface area contributed by atoms with Gasteiger partial charge in [0, 0.05) is 16.1 Å². The van der Waals surface area contributed by atoms with E-state index < -0.39 is 11.0 Å². The van der Waals surface area contributed by atoms with Crippen LogP contribution in [0.25, 0.3) is 0 Å². The average Bonchev–Trinajstić information content (AvgIpc) is 2.38. The van der Waals surface area contributed by atoms with Gasteiger partial charge in [-0.15, -0.1) is 0 Å². The van der Waals surface area contributed by atoms with Crippen LogP contribution in [0, 0.1) is 10.1 Å². The number of halogens is 1. The van der Waals surface area contributed by atoms with Crippen molar-refractivity contribution in [1.29, 1.82) is 0 Å². The second kappa shape index (κ2) is 8.21. The van der Waals surface area contributed by atoms with Gasteiger partial charge in [0.05, 0.1) is 17.6 Å². The van der Waals surface area contributed by atoms with E-state index in [1.54, 1.807) is 13.0 Å². The highest BCUT2D eigenvalue weighted by Crippen LogP contribution is 2.37. The zero-order chi connectivity index (χ0) is 15.1. The molecular weight excluding hydrogens is 326 g/mol. The summed E-state index contributed by atoms with van der Waals surface area (Å²) in [6.45, 7) is 4.10. The van der Waals surface area contributed by atoms with Crippen molar-refractivity contribution in [3.63, 3.8) is 0 Å². The molecule has 1 aromatic rings. The lowest BCUT2D eigenvalue weighted by Gasteiger charge is -2.14. The number of rotatable bonds is 8. The molecule has 0 spiro atoms. The van der Waals surface area contributed by atoms with Crippen LogP contribution in [0.2, 0.25) is 0 Å². The molecule has 1 rings (SSSR count). The van der Waals surface area contributed by atoms with Gasteiger partial charge in [-0.05, 0) is 19.4 Å². The van der Waals surface area contributed by atoms with E-state index in [0.29, 0.717) is 16.6 Å². The fraction of sp³-hybridized carbons (Fsp3) is 0.571. The summed E-state index contributed by atoms with van der Waals surface area (Å²) in [6.07, 6.45) is 3.30. The summed E-state index contributed by atoms with van der Waals surface area (Å²) >= 11 is 3.22. The molecule has 1 aromatic carbocycles. The number of hydrogen-bond acceptors (Lipinski definition) is 4. The van der Waals surface area contributed by atoms with E-state index >= 15 is 0 Å². The molecule has 0 bridgehead atoms. The second-order valence-electron chi connectivity index (χ2n) is 4.69. The molecule has 0 heterocycles. The van der Waals surface area contributed by atoms with Gasteiger partial charge in [0.15, 0.2) is 0 Å². The number of nitro benzene ring substituents is 1. The van der Waals surface area contributed by atoms with Gasteiger partial charge >= 0.3 is 5.69 Å². The SMILES string of the molecule is CCCCCCOc1c([C@@H](C)O)cc(Br)cc1[N+](=O)[O-]. The van der Waals surface area contributed by atoms with E-state index in [1.165, 1.54) is 6.07 Å². The van der Waals surface area contributed by atoms with E-state index in [0.717, 1.165) is 25.7 Å². The van der Waals surface area contributed by atoms with Gasteiger partial charge in [-0.3, -0.25) is 10.1 Å². The third kappa shape index (κ3) is 4.76. The zero-order valence-electron chi connectivity index (χ0n) is 11.8. The van der Waals surface area contributed by atoms with Crippen molar-refractivity contribution in [3.8, 4) is 5.75 Å². The highest BCUT2D eigenvalue weighted by atomic mass is 79.9. The Morgan fingerprint density at radius 2 is 2.10 bits per heavy atom. The van der Waals surface area contributed by atoms with Gasteiger partial charge < -0.3 is 9.84 Å². The number of ether oxygens (including phenoxy) is 1. The summed E-state index contributed by atoms with van der Waals surface area (Å²) in [5.41, 5.74) is 0.312. The molecule has 6 heteroatoms. The number of nitro groups is 1. The first-order valence-corrected chi connectivity index (χ1v) is 7.55. The van der Waals surface area contributed by atoms with Crippen LogP contribution >= 0.6 is 15.9 Å². The lowest BCUT2D eigenvalue weighted by Crippen LogP contribution is -2.05. The summed E-state index contributed by atoms with van der Waals surface area (Å²) < 4.78 is 6.12. The Labute approximate surface area is 127 Å². The summed E-state index contributed by atoms with van der Waals surface area (Å²) in [7, 11) is 0. The average molecular weight is 346 g/mol. The van der Waals surface area contributed by atoms with Crippen LogP contribution in [0.1, 0.15) is 51.2 Å². The van der Waals surface area contributed by atoms with Crippen molar-refractivity contribution >= 4 is 21.6 Å². The molecule has 0 aliphatic heterocycles. The number of aliphatic hydroxyl groups excluding tert-OH is 1. The Kier molecular flexibility index (Phi) is 6.95. The molecule has 20 heavy (non-hydrogen) atoms. The first-order chi connectivity index (χ1) is 9.47. The van der Waals surface area contributed by atoms with Crippen LogP contribution in [-0.2, 0) is 0 Å². The van der Waals surface area contributed by atoms with Crippen molar-refractivity contribution in [3.05, 3.63) is 32.3 Å². The maximum absolute atomic E-state index is 11.1. The molecule has 0 saturated carbocycles. The van der Waals surface area contributed by atoms with Crippen molar-refractivity contribution in [1.82, 2.24) is 0 Å². The third-order valence-corrected chi connectivity index (χ3v) is 3.41. The molecule has 0 aliphatic rings. The van der Waals surface area contributed by atoms with E-state index in [-0.39, 0.29) is 11.4 Å². The molecule has 0 saturated heterocycles. The summed E-state index contributed by atoms with van der Waals surface area (Å²) in [5, 5.41) is 20.9. The normalized spacial score (nSPS) is 12.2. The number of nitrogens with zero attached hydrogens (tertiary/aromatic N) is 1. The zero-order valence-corrected chi connectivity index (χ0v) is 13.4. The lowest BCUT2D eigenvalue weighted by molar-refractivity contribution is -0.386. The van der Waals surface area contributed by atoms with E-state index in [1.807, 2.05) is 0 Å². The Bertz CT molecular complexity index is 463. The van der Waals surface area contributed by atoms with Crippen LogP contribution in [0.4, 0.5) is 5.69 Å². The molecule has 0 aromatic heterocycles.